The van der Waals surface area contributed by atoms with Gasteiger partial charge in [-0.2, -0.15) is 0 Å². The molecular weight excluding hydrogens is 220 g/mol. The van der Waals surface area contributed by atoms with E-state index in [4.69, 9.17) is 10.5 Å². The van der Waals surface area contributed by atoms with Crippen LogP contribution in [0.5, 0.6) is 0 Å². The van der Waals surface area contributed by atoms with Crippen molar-refractivity contribution in [3.63, 3.8) is 0 Å². The minimum Gasteiger partial charge on any atom is -0.383 e. The quantitative estimate of drug-likeness (QED) is 0.452. The second kappa shape index (κ2) is 7.11. The number of hydrogen-bond acceptors (Lipinski definition) is 3. The molecule has 2 unspecified atom stereocenters. The standard InChI is InChI=1S/C11H22N4O2/c1-8(7-17-2)14-11(12)13-6-9-4-3-5-10(16)15-9/h8-9H,3-7H2,1-2H3,(H,15,16)(H3,12,13,14). The monoisotopic (exact) mass is 242 g/mol. The maximum Gasteiger partial charge on any atom is 0.220 e. The number of nitrogens with two attached hydrogens (primary N) is 1. The zero-order chi connectivity index (χ0) is 12.7. The van der Waals surface area contributed by atoms with Crippen LogP contribution >= 0.6 is 0 Å². The van der Waals surface area contributed by atoms with Crippen molar-refractivity contribution >= 4 is 11.9 Å². The lowest BCUT2D eigenvalue weighted by atomic mass is 10.0. The number of hydrogen-bond donors (Lipinski definition) is 3. The normalized spacial score (nSPS) is 23.1. The molecule has 0 aromatic rings. The first kappa shape index (κ1) is 13.8. The minimum absolute atomic E-state index is 0.107. The molecule has 17 heavy (non-hydrogen) atoms. The third kappa shape index (κ3) is 5.53. The molecule has 1 heterocycles. The number of carbonyl (C=O) groups is 1. The van der Waals surface area contributed by atoms with Crippen molar-refractivity contribution in [3.05, 3.63) is 0 Å². The number of ether oxygens (including phenoxy) is 1. The van der Waals surface area contributed by atoms with Crippen molar-refractivity contribution in [2.24, 2.45) is 10.7 Å². The maximum absolute atomic E-state index is 11.2. The summed E-state index contributed by atoms with van der Waals surface area (Å²) in [6, 6.07) is 0.249. The van der Waals surface area contributed by atoms with Crippen LogP contribution < -0.4 is 16.4 Å². The number of piperidine rings is 1. The number of amides is 1. The smallest absolute Gasteiger partial charge is 0.220 e. The van der Waals surface area contributed by atoms with Crippen LogP contribution in [0.1, 0.15) is 26.2 Å². The molecule has 2 atom stereocenters. The number of aliphatic imine (C=N–C) groups is 1. The van der Waals surface area contributed by atoms with Crippen LogP contribution in [-0.2, 0) is 9.53 Å². The average Bonchev–Trinajstić information content (AvgIpc) is 2.27. The van der Waals surface area contributed by atoms with E-state index in [1.54, 1.807) is 7.11 Å². The van der Waals surface area contributed by atoms with Gasteiger partial charge in [0.15, 0.2) is 5.96 Å². The lowest BCUT2D eigenvalue weighted by Crippen LogP contribution is -2.43. The van der Waals surface area contributed by atoms with E-state index in [0.717, 1.165) is 12.8 Å². The van der Waals surface area contributed by atoms with E-state index in [0.29, 0.717) is 25.5 Å². The average molecular weight is 242 g/mol. The summed E-state index contributed by atoms with van der Waals surface area (Å²) in [5, 5.41) is 5.92. The van der Waals surface area contributed by atoms with E-state index >= 15 is 0 Å². The van der Waals surface area contributed by atoms with Crippen LogP contribution in [0.3, 0.4) is 0 Å². The van der Waals surface area contributed by atoms with Gasteiger partial charge in [-0.3, -0.25) is 9.79 Å². The summed E-state index contributed by atoms with van der Waals surface area (Å²) in [6.45, 7) is 3.08. The Morgan fingerprint density at radius 1 is 1.76 bits per heavy atom. The number of carbonyl (C=O) groups excluding carboxylic acids is 1. The Morgan fingerprint density at radius 3 is 3.18 bits per heavy atom. The molecule has 0 aliphatic carbocycles. The van der Waals surface area contributed by atoms with Gasteiger partial charge in [-0.05, 0) is 19.8 Å². The van der Waals surface area contributed by atoms with E-state index in [9.17, 15) is 4.79 Å². The Balaban J connectivity index is 2.28. The molecule has 98 valence electrons. The molecule has 0 aromatic carbocycles. The Bertz CT molecular complexity index is 281. The van der Waals surface area contributed by atoms with Gasteiger partial charge in [-0.1, -0.05) is 0 Å². The van der Waals surface area contributed by atoms with Gasteiger partial charge in [0.25, 0.3) is 0 Å². The van der Waals surface area contributed by atoms with Crippen LogP contribution in [0.4, 0.5) is 0 Å². The SMILES string of the molecule is COCC(C)NC(N)=NCC1CCCC(=O)N1. The second-order valence-electron chi connectivity index (χ2n) is 4.38. The highest BCUT2D eigenvalue weighted by molar-refractivity contribution is 5.78. The third-order valence-corrected chi connectivity index (χ3v) is 2.61. The number of rotatable bonds is 5. The second-order valence-corrected chi connectivity index (χ2v) is 4.38. The van der Waals surface area contributed by atoms with Crippen LogP contribution in [0.2, 0.25) is 0 Å². The van der Waals surface area contributed by atoms with Crippen LogP contribution in [0, 0.1) is 0 Å². The molecule has 1 fully saturated rings. The number of methoxy groups -OCH3 is 1. The first-order chi connectivity index (χ1) is 8.11. The fourth-order valence-electron chi connectivity index (χ4n) is 1.82. The Kier molecular flexibility index (Phi) is 5.76. The van der Waals surface area contributed by atoms with Crippen LogP contribution in [-0.4, -0.2) is 44.2 Å². The predicted molar refractivity (Wildman–Crippen MR) is 66.7 cm³/mol. The van der Waals surface area contributed by atoms with E-state index in [-0.39, 0.29) is 18.0 Å². The summed E-state index contributed by atoms with van der Waals surface area (Å²) >= 11 is 0. The van der Waals surface area contributed by atoms with Gasteiger partial charge in [-0.15, -0.1) is 0 Å². The van der Waals surface area contributed by atoms with Gasteiger partial charge in [0.05, 0.1) is 13.2 Å². The number of nitrogens with one attached hydrogen (secondary N) is 2. The number of nitrogens with zero attached hydrogens (tertiary/aromatic N) is 1. The highest BCUT2D eigenvalue weighted by atomic mass is 16.5. The van der Waals surface area contributed by atoms with Crippen molar-refractivity contribution < 1.29 is 9.53 Å². The molecule has 6 heteroatoms. The van der Waals surface area contributed by atoms with Gasteiger partial charge in [0.1, 0.15) is 0 Å². The molecule has 0 radical (unpaired) electrons. The molecule has 6 nitrogen and oxygen atoms in total. The first-order valence-electron chi connectivity index (χ1n) is 5.96. The van der Waals surface area contributed by atoms with E-state index < -0.39 is 0 Å². The molecule has 0 aromatic heterocycles. The summed E-state index contributed by atoms with van der Waals surface area (Å²) in [5.74, 6) is 0.505. The Hall–Kier alpha value is -1.30. The van der Waals surface area contributed by atoms with Crippen molar-refractivity contribution in [3.8, 4) is 0 Å². The first-order valence-corrected chi connectivity index (χ1v) is 5.96. The van der Waals surface area contributed by atoms with Crippen molar-refractivity contribution in [2.45, 2.75) is 38.3 Å². The third-order valence-electron chi connectivity index (χ3n) is 2.61. The van der Waals surface area contributed by atoms with Crippen LogP contribution in [0.15, 0.2) is 4.99 Å². The predicted octanol–water partition coefficient (Wildman–Crippen LogP) is -0.406. The summed E-state index contributed by atoms with van der Waals surface area (Å²) in [7, 11) is 1.64. The summed E-state index contributed by atoms with van der Waals surface area (Å²) in [6.07, 6.45) is 2.52. The van der Waals surface area contributed by atoms with Gasteiger partial charge in [-0.25, -0.2) is 0 Å². The molecule has 1 amide bonds. The Morgan fingerprint density at radius 2 is 2.53 bits per heavy atom. The lowest BCUT2D eigenvalue weighted by Gasteiger charge is -2.22. The van der Waals surface area contributed by atoms with E-state index in [2.05, 4.69) is 15.6 Å². The molecule has 1 aliphatic heterocycles. The van der Waals surface area contributed by atoms with Gasteiger partial charge in [0.2, 0.25) is 5.91 Å². The molecule has 1 rings (SSSR count). The van der Waals surface area contributed by atoms with E-state index in [1.165, 1.54) is 0 Å². The van der Waals surface area contributed by atoms with Crippen LogP contribution in [0.25, 0.3) is 0 Å². The molecule has 0 spiro atoms. The topological polar surface area (TPSA) is 88.7 Å². The van der Waals surface area contributed by atoms with E-state index in [1.807, 2.05) is 6.92 Å². The highest BCUT2D eigenvalue weighted by Gasteiger charge is 2.17. The largest absolute Gasteiger partial charge is 0.383 e. The molecular formula is C11H22N4O2. The van der Waals surface area contributed by atoms with Gasteiger partial charge < -0.3 is 21.1 Å². The summed E-state index contributed by atoms with van der Waals surface area (Å²) in [5.41, 5.74) is 5.73. The zero-order valence-corrected chi connectivity index (χ0v) is 10.5. The zero-order valence-electron chi connectivity index (χ0n) is 10.5. The lowest BCUT2D eigenvalue weighted by molar-refractivity contribution is -0.123. The van der Waals surface area contributed by atoms with Gasteiger partial charge >= 0.3 is 0 Å². The van der Waals surface area contributed by atoms with Crippen molar-refractivity contribution in [1.29, 1.82) is 0 Å². The molecule has 0 bridgehead atoms. The number of guanidine groups is 1. The molecule has 1 aliphatic rings. The highest BCUT2D eigenvalue weighted by Crippen LogP contribution is 2.07. The van der Waals surface area contributed by atoms with Gasteiger partial charge in [0, 0.05) is 25.6 Å². The maximum atomic E-state index is 11.2. The van der Waals surface area contributed by atoms with Crippen molar-refractivity contribution in [1.82, 2.24) is 10.6 Å². The molecule has 4 N–H and O–H groups in total. The fourth-order valence-corrected chi connectivity index (χ4v) is 1.82. The fraction of sp³-hybridized carbons (Fsp3) is 0.818. The summed E-state index contributed by atoms with van der Waals surface area (Å²) in [4.78, 5) is 15.4. The molecule has 0 saturated carbocycles. The summed E-state index contributed by atoms with van der Waals surface area (Å²) < 4.78 is 4.98. The minimum atomic E-state index is 0.107. The van der Waals surface area contributed by atoms with Crippen molar-refractivity contribution in [2.75, 3.05) is 20.3 Å². The molecule has 1 saturated heterocycles. The Labute approximate surface area is 102 Å².